The summed E-state index contributed by atoms with van der Waals surface area (Å²) in [4.78, 5) is 24.1. The number of hydrogen-bond donors (Lipinski definition) is 2. The molecule has 178 valence electrons. The molecule has 3 fully saturated rings. The first-order valence-corrected chi connectivity index (χ1v) is 12.4. The molecular formula is C24H25F2N5O2S. The van der Waals surface area contributed by atoms with Gasteiger partial charge < -0.3 is 20.7 Å². The van der Waals surface area contributed by atoms with Crippen molar-refractivity contribution in [1.82, 2.24) is 15.3 Å². The van der Waals surface area contributed by atoms with E-state index in [0.717, 1.165) is 36.3 Å². The molecule has 3 aliphatic rings. The Bertz CT molecular complexity index is 1310. The molecule has 10 heteroatoms. The van der Waals surface area contributed by atoms with Gasteiger partial charge in [-0.25, -0.2) is 18.7 Å². The fourth-order valence-corrected chi connectivity index (χ4v) is 6.76. The van der Waals surface area contributed by atoms with Crippen molar-refractivity contribution in [3.05, 3.63) is 46.1 Å². The van der Waals surface area contributed by atoms with Crippen LogP contribution in [0.4, 0.5) is 20.2 Å². The molecule has 2 saturated heterocycles. The van der Waals surface area contributed by atoms with Crippen LogP contribution < -0.4 is 16.0 Å². The number of carbonyl (C=O) groups is 1. The highest BCUT2D eigenvalue weighted by Gasteiger charge is 2.63. The summed E-state index contributed by atoms with van der Waals surface area (Å²) in [5.74, 6) is -1.30. The van der Waals surface area contributed by atoms with Crippen molar-refractivity contribution in [2.75, 3.05) is 30.3 Å². The Kier molecular flexibility index (Phi) is 5.00. The maximum absolute atomic E-state index is 15.0. The normalized spacial score (nSPS) is 25.3. The van der Waals surface area contributed by atoms with Gasteiger partial charge in [-0.3, -0.25) is 4.79 Å². The molecule has 1 saturated carbocycles. The number of rotatable bonds is 5. The van der Waals surface area contributed by atoms with Gasteiger partial charge in [0.05, 0.1) is 29.3 Å². The average molecular weight is 486 g/mol. The van der Waals surface area contributed by atoms with E-state index in [-0.39, 0.29) is 53.4 Å². The molecule has 7 nitrogen and oxygen atoms in total. The van der Waals surface area contributed by atoms with Crippen molar-refractivity contribution in [2.24, 2.45) is 5.41 Å². The van der Waals surface area contributed by atoms with Crippen LogP contribution in [0.25, 0.3) is 10.3 Å². The van der Waals surface area contributed by atoms with Crippen LogP contribution in [0.2, 0.25) is 0 Å². The lowest BCUT2D eigenvalue weighted by Crippen LogP contribution is -2.55. The topological polar surface area (TPSA) is 93.4 Å². The van der Waals surface area contributed by atoms with E-state index in [2.05, 4.69) is 15.3 Å². The minimum absolute atomic E-state index is 0.115. The molecule has 1 aromatic carbocycles. The molecule has 34 heavy (non-hydrogen) atoms. The van der Waals surface area contributed by atoms with Crippen LogP contribution in [0.3, 0.4) is 0 Å². The number of nitrogens with one attached hydrogen (secondary N) is 1. The quantitative estimate of drug-likeness (QED) is 0.574. The molecule has 2 aliphatic heterocycles. The predicted molar refractivity (Wildman–Crippen MR) is 126 cm³/mol. The number of thiophene rings is 1. The third kappa shape index (κ3) is 3.26. The minimum atomic E-state index is -0.475. The third-order valence-corrected chi connectivity index (χ3v) is 8.58. The summed E-state index contributed by atoms with van der Waals surface area (Å²) in [6.07, 6.45) is 5.43. The van der Waals surface area contributed by atoms with E-state index < -0.39 is 11.6 Å². The molecule has 0 radical (unpaired) electrons. The molecule has 3 N–H and O–H groups in total. The van der Waals surface area contributed by atoms with E-state index in [4.69, 9.17) is 10.5 Å². The fourth-order valence-electron chi connectivity index (χ4n) is 5.75. The number of aryl methyl sites for hydroxylation is 1. The molecule has 1 amide bonds. The van der Waals surface area contributed by atoms with E-state index in [1.165, 1.54) is 12.1 Å². The monoisotopic (exact) mass is 485 g/mol. The molecule has 1 spiro atoms. The second-order valence-corrected chi connectivity index (χ2v) is 10.5. The Morgan fingerprint density at radius 2 is 2.21 bits per heavy atom. The lowest BCUT2D eigenvalue weighted by atomic mass is 9.76. The van der Waals surface area contributed by atoms with Gasteiger partial charge in [-0.2, -0.15) is 0 Å². The second kappa shape index (κ2) is 7.84. The lowest BCUT2D eigenvalue weighted by Gasteiger charge is -2.47. The summed E-state index contributed by atoms with van der Waals surface area (Å²) in [6, 6.07) is 2.52. The summed E-state index contributed by atoms with van der Waals surface area (Å²) in [6.45, 7) is 3.27. The maximum atomic E-state index is 15.0. The Hall–Kier alpha value is -2.85. The number of nitrogens with two attached hydrogens (primary N) is 1. The van der Waals surface area contributed by atoms with Gasteiger partial charge in [0.1, 0.15) is 26.9 Å². The molecule has 4 heterocycles. The second-order valence-electron chi connectivity index (χ2n) is 9.53. The predicted octanol–water partition coefficient (Wildman–Crippen LogP) is 3.59. The smallest absolute Gasteiger partial charge is 0.263 e. The number of amides is 1. The number of nitrogens with zero attached hydrogens (tertiary/aromatic N) is 3. The largest absolute Gasteiger partial charge is 0.396 e. The number of fused-ring (bicyclic) bond motifs is 1. The molecule has 6 rings (SSSR count). The average Bonchev–Trinajstić information content (AvgIpc) is 3.40. The Balaban J connectivity index is 1.12. The van der Waals surface area contributed by atoms with Crippen LogP contribution in [0.15, 0.2) is 18.3 Å². The number of carbonyl (C=O) groups excluding carboxylic acids is 1. The fraction of sp³-hybridized carbons (Fsp3) is 0.458. The van der Waals surface area contributed by atoms with Crippen LogP contribution in [0.1, 0.15) is 40.2 Å². The molecular weight excluding hydrogens is 460 g/mol. The molecule has 3 unspecified atom stereocenters. The van der Waals surface area contributed by atoms with Crippen molar-refractivity contribution in [1.29, 1.82) is 0 Å². The zero-order chi connectivity index (χ0) is 23.6. The Morgan fingerprint density at radius 3 is 3.03 bits per heavy atom. The highest BCUT2D eigenvalue weighted by molar-refractivity contribution is 7.21. The first-order chi connectivity index (χ1) is 16.4. The van der Waals surface area contributed by atoms with Crippen molar-refractivity contribution < 1.29 is 18.3 Å². The van der Waals surface area contributed by atoms with Crippen LogP contribution in [0, 0.1) is 24.0 Å². The number of ether oxygens (including phenoxy) is 1. The zero-order valence-electron chi connectivity index (χ0n) is 18.7. The lowest BCUT2D eigenvalue weighted by molar-refractivity contribution is -0.205. The third-order valence-electron chi connectivity index (χ3n) is 7.49. The van der Waals surface area contributed by atoms with Gasteiger partial charge in [0.2, 0.25) is 0 Å². The van der Waals surface area contributed by atoms with E-state index >= 15 is 0 Å². The van der Waals surface area contributed by atoms with Gasteiger partial charge in [-0.05, 0) is 37.8 Å². The molecule has 3 aromatic rings. The first-order valence-electron chi connectivity index (χ1n) is 11.5. The Morgan fingerprint density at radius 1 is 1.35 bits per heavy atom. The van der Waals surface area contributed by atoms with Gasteiger partial charge in [-0.1, -0.05) is 6.42 Å². The van der Waals surface area contributed by atoms with Crippen LogP contribution in [0.5, 0.6) is 0 Å². The van der Waals surface area contributed by atoms with Crippen molar-refractivity contribution in [3.63, 3.8) is 0 Å². The van der Waals surface area contributed by atoms with Crippen molar-refractivity contribution in [2.45, 2.75) is 44.8 Å². The number of anilines is 2. The summed E-state index contributed by atoms with van der Waals surface area (Å²) in [5.41, 5.74) is 8.20. The van der Waals surface area contributed by atoms with E-state index in [1.807, 2.05) is 11.8 Å². The van der Waals surface area contributed by atoms with E-state index in [0.29, 0.717) is 28.3 Å². The highest BCUT2D eigenvalue weighted by atomic mass is 32.1. The maximum Gasteiger partial charge on any atom is 0.263 e. The summed E-state index contributed by atoms with van der Waals surface area (Å²) < 4.78 is 35.8. The number of benzene rings is 1. The van der Waals surface area contributed by atoms with Crippen molar-refractivity contribution in [3.8, 4) is 0 Å². The minimum Gasteiger partial charge on any atom is -0.396 e. The molecule has 1 aliphatic carbocycles. The van der Waals surface area contributed by atoms with Gasteiger partial charge in [0, 0.05) is 37.3 Å². The first kappa shape index (κ1) is 21.7. The van der Waals surface area contributed by atoms with Gasteiger partial charge in [0.25, 0.3) is 5.91 Å². The number of aromatic nitrogens is 2. The van der Waals surface area contributed by atoms with Gasteiger partial charge in [-0.15, -0.1) is 11.3 Å². The highest BCUT2D eigenvalue weighted by Crippen LogP contribution is 2.57. The standard InChI is InChI=1S/C24H25F2N5O2S/c1-12-9-29-20-19(27)21(34-23(20)30-12)22(32)28-6-4-13-7-15(26)16(8-14(13)25)31-10-18-24(11-31)5-2-3-17(24)33-18/h7-9,17-18H,2-6,10-11,27H2,1H3,(H,28,32). The SMILES string of the molecule is Cc1cnc2c(N)c(C(=O)NCCc3cc(F)c(N4CC5OC6CCCC65C4)cc3F)sc2n1. The molecule has 0 bridgehead atoms. The molecule has 2 aromatic heterocycles. The molecule has 3 atom stereocenters. The van der Waals surface area contributed by atoms with E-state index in [9.17, 15) is 13.6 Å². The number of halogens is 2. The van der Waals surface area contributed by atoms with Gasteiger partial charge >= 0.3 is 0 Å². The zero-order valence-corrected chi connectivity index (χ0v) is 19.6. The van der Waals surface area contributed by atoms with Crippen LogP contribution in [-0.2, 0) is 11.2 Å². The van der Waals surface area contributed by atoms with Crippen LogP contribution >= 0.6 is 11.3 Å². The number of hydrogen-bond acceptors (Lipinski definition) is 7. The van der Waals surface area contributed by atoms with Crippen LogP contribution in [-0.4, -0.2) is 47.7 Å². The van der Waals surface area contributed by atoms with Gasteiger partial charge in [0.15, 0.2) is 0 Å². The van der Waals surface area contributed by atoms with E-state index in [1.54, 1.807) is 6.20 Å². The van der Waals surface area contributed by atoms with Crippen molar-refractivity contribution >= 4 is 39.0 Å². The Labute approximate surface area is 199 Å². The number of nitrogen functional groups attached to an aromatic ring is 1. The summed E-state index contributed by atoms with van der Waals surface area (Å²) in [7, 11) is 0. The summed E-state index contributed by atoms with van der Waals surface area (Å²) in [5, 5.41) is 2.74. The summed E-state index contributed by atoms with van der Waals surface area (Å²) >= 11 is 1.16.